The van der Waals surface area contributed by atoms with Gasteiger partial charge in [0.1, 0.15) is 0 Å². The number of H-pyrrole nitrogens is 1. The predicted octanol–water partition coefficient (Wildman–Crippen LogP) is 4.27. The van der Waals surface area contributed by atoms with Crippen LogP contribution in [0.3, 0.4) is 0 Å². The smallest absolute Gasteiger partial charge is 0.219 e. The van der Waals surface area contributed by atoms with E-state index in [2.05, 4.69) is 22.2 Å². The van der Waals surface area contributed by atoms with E-state index in [-0.39, 0.29) is 0 Å². The zero-order valence-electron chi connectivity index (χ0n) is 14.6. The van der Waals surface area contributed by atoms with E-state index in [9.17, 15) is 0 Å². The van der Waals surface area contributed by atoms with Gasteiger partial charge in [-0.25, -0.2) is 5.10 Å². The highest BCUT2D eigenvalue weighted by Crippen LogP contribution is 2.28. The van der Waals surface area contributed by atoms with E-state index >= 15 is 0 Å². The third-order valence-corrected chi connectivity index (χ3v) is 3.71. The van der Waals surface area contributed by atoms with Crippen molar-refractivity contribution in [3.63, 3.8) is 0 Å². The first kappa shape index (κ1) is 17.9. The molecule has 0 amide bonds. The maximum absolute atomic E-state index is 5.71. The molecule has 0 aliphatic heterocycles. The second kappa shape index (κ2) is 8.48. The monoisotopic (exact) mass is 372 g/mol. The molecule has 0 aliphatic carbocycles. The molecular formula is C18H20N4O3S. The summed E-state index contributed by atoms with van der Waals surface area (Å²) in [6, 6.07) is 9.25. The SMILES string of the molecule is CCCOc1ccc(/C=N\n2c(-c3ccco3)n[nH]c2=S)cc1OCC. The fraction of sp³-hybridized carbons (Fsp3) is 0.278. The van der Waals surface area contributed by atoms with Gasteiger partial charge in [-0.2, -0.15) is 9.78 Å². The normalized spacial score (nSPS) is 11.2. The number of benzene rings is 1. The number of ether oxygens (including phenoxy) is 2. The first-order chi connectivity index (χ1) is 12.7. The van der Waals surface area contributed by atoms with Gasteiger partial charge in [0.2, 0.25) is 10.6 Å². The Morgan fingerprint density at radius 2 is 2.15 bits per heavy atom. The number of nitrogens with one attached hydrogen (secondary N) is 1. The number of rotatable bonds is 8. The van der Waals surface area contributed by atoms with Gasteiger partial charge >= 0.3 is 0 Å². The molecule has 0 atom stereocenters. The van der Waals surface area contributed by atoms with Crippen LogP contribution < -0.4 is 9.47 Å². The minimum Gasteiger partial charge on any atom is -0.490 e. The van der Waals surface area contributed by atoms with Crippen LogP contribution in [0.1, 0.15) is 25.8 Å². The van der Waals surface area contributed by atoms with Gasteiger partial charge in [-0.3, -0.25) is 0 Å². The van der Waals surface area contributed by atoms with Gasteiger partial charge < -0.3 is 13.9 Å². The van der Waals surface area contributed by atoms with Gasteiger partial charge in [0.05, 0.1) is 25.7 Å². The highest BCUT2D eigenvalue weighted by molar-refractivity contribution is 7.71. The number of furan rings is 1. The number of hydrogen-bond acceptors (Lipinski definition) is 6. The molecule has 0 bridgehead atoms. The maximum atomic E-state index is 5.71. The van der Waals surface area contributed by atoms with Gasteiger partial charge in [-0.05, 0) is 61.5 Å². The first-order valence-electron chi connectivity index (χ1n) is 8.38. The largest absolute Gasteiger partial charge is 0.490 e. The van der Waals surface area contributed by atoms with Crippen molar-refractivity contribution in [2.24, 2.45) is 5.10 Å². The fourth-order valence-corrected chi connectivity index (χ4v) is 2.47. The Morgan fingerprint density at radius 3 is 2.88 bits per heavy atom. The molecule has 3 aromatic rings. The molecule has 2 aromatic heterocycles. The van der Waals surface area contributed by atoms with Crippen molar-refractivity contribution in [1.29, 1.82) is 0 Å². The van der Waals surface area contributed by atoms with E-state index < -0.39 is 0 Å². The summed E-state index contributed by atoms with van der Waals surface area (Å²) in [5.41, 5.74) is 0.853. The van der Waals surface area contributed by atoms with E-state index in [1.807, 2.05) is 25.1 Å². The van der Waals surface area contributed by atoms with Crippen molar-refractivity contribution in [2.45, 2.75) is 20.3 Å². The topological polar surface area (TPSA) is 77.6 Å². The van der Waals surface area contributed by atoms with Crippen LogP contribution in [0, 0.1) is 4.77 Å². The van der Waals surface area contributed by atoms with Crippen LogP contribution in [0.15, 0.2) is 46.1 Å². The molecule has 0 saturated carbocycles. The molecule has 1 N–H and O–H groups in total. The molecule has 0 fully saturated rings. The highest BCUT2D eigenvalue weighted by atomic mass is 32.1. The molecule has 3 rings (SSSR count). The maximum Gasteiger partial charge on any atom is 0.219 e. The third kappa shape index (κ3) is 4.02. The van der Waals surface area contributed by atoms with Gasteiger partial charge in [0, 0.05) is 0 Å². The van der Waals surface area contributed by atoms with Gasteiger partial charge in [-0.15, -0.1) is 5.10 Å². The molecule has 26 heavy (non-hydrogen) atoms. The van der Waals surface area contributed by atoms with E-state index in [0.717, 1.165) is 17.7 Å². The van der Waals surface area contributed by atoms with Crippen LogP contribution >= 0.6 is 12.2 Å². The summed E-state index contributed by atoms with van der Waals surface area (Å²) in [6.07, 6.45) is 4.19. The summed E-state index contributed by atoms with van der Waals surface area (Å²) in [7, 11) is 0. The van der Waals surface area contributed by atoms with Gasteiger partial charge in [0.15, 0.2) is 17.3 Å². The molecule has 0 spiro atoms. The predicted molar refractivity (Wildman–Crippen MR) is 102 cm³/mol. The van der Waals surface area contributed by atoms with Crippen molar-refractivity contribution < 1.29 is 13.9 Å². The van der Waals surface area contributed by atoms with Crippen molar-refractivity contribution in [3.05, 3.63) is 46.9 Å². The quantitative estimate of drug-likeness (QED) is 0.472. The standard InChI is InChI=1S/C18H20N4O3S/c1-3-9-24-14-8-7-13(11-16(14)23-4-2)12-19-22-17(20-21-18(22)26)15-6-5-10-25-15/h5-8,10-12H,3-4,9H2,1-2H3,(H,21,26)/b19-12-. The van der Waals surface area contributed by atoms with Gasteiger partial charge in [0.25, 0.3) is 0 Å². The fourth-order valence-electron chi connectivity index (χ4n) is 2.29. The molecule has 136 valence electrons. The van der Waals surface area contributed by atoms with E-state index in [0.29, 0.717) is 35.3 Å². The van der Waals surface area contributed by atoms with Crippen LogP contribution in [-0.4, -0.2) is 34.3 Å². The Labute approximate surface area is 156 Å². The van der Waals surface area contributed by atoms with Crippen molar-refractivity contribution in [3.8, 4) is 23.1 Å². The summed E-state index contributed by atoms with van der Waals surface area (Å²) in [5, 5.41) is 11.3. The van der Waals surface area contributed by atoms with Crippen LogP contribution in [0.4, 0.5) is 0 Å². The lowest BCUT2D eigenvalue weighted by Crippen LogP contribution is -2.01. The second-order valence-electron chi connectivity index (χ2n) is 5.37. The molecule has 1 aromatic carbocycles. The van der Waals surface area contributed by atoms with Gasteiger partial charge in [-0.1, -0.05) is 6.92 Å². The van der Waals surface area contributed by atoms with E-state index in [4.69, 9.17) is 26.1 Å². The lowest BCUT2D eigenvalue weighted by molar-refractivity contribution is 0.277. The zero-order chi connectivity index (χ0) is 18.4. The third-order valence-electron chi connectivity index (χ3n) is 3.44. The minimum atomic E-state index is 0.376. The Morgan fingerprint density at radius 1 is 1.27 bits per heavy atom. The van der Waals surface area contributed by atoms with Crippen LogP contribution in [-0.2, 0) is 0 Å². The molecule has 7 nitrogen and oxygen atoms in total. The van der Waals surface area contributed by atoms with Crippen molar-refractivity contribution in [1.82, 2.24) is 14.9 Å². The molecule has 0 unspecified atom stereocenters. The van der Waals surface area contributed by atoms with E-state index in [1.165, 1.54) is 4.68 Å². The van der Waals surface area contributed by atoms with E-state index in [1.54, 1.807) is 24.6 Å². The summed E-state index contributed by atoms with van der Waals surface area (Å²) >= 11 is 5.24. The summed E-state index contributed by atoms with van der Waals surface area (Å²) in [4.78, 5) is 0. The second-order valence-corrected chi connectivity index (χ2v) is 5.76. The van der Waals surface area contributed by atoms with Crippen molar-refractivity contribution >= 4 is 18.4 Å². The molecule has 2 heterocycles. The number of nitrogens with zero attached hydrogens (tertiary/aromatic N) is 3. The first-order valence-corrected chi connectivity index (χ1v) is 8.79. The molecular weight excluding hydrogens is 352 g/mol. The Bertz CT molecular complexity index is 928. The highest BCUT2D eigenvalue weighted by Gasteiger charge is 2.11. The van der Waals surface area contributed by atoms with Crippen molar-refractivity contribution in [2.75, 3.05) is 13.2 Å². The number of hydrogen-bond donors (Lipinski definition) is 1. The average molecular weight is 372 g/mol. The molecule has 0 saturated heterocycles. The molecule has 0 aliphatic rings. The Kier molecular flexibility index (Phi) is 5.85. The lowest BCUT2D eigenvalue weighted by atomic mass is 10.2. The Balaban J connectivity index is 1.88. The number of aromatic amines is 1. The zero-order valence-corrected chi connectivity index (χ0v) is 15.5. The lowest BCUT2D eigenvalue weighted by Gasteiger charge is -2.11. The van der Waals surface area contributed by atoms with Crippen LogP contribution in [0.5, 0.6) is 11.5 Å². The molecule has 0 radical (unpaired) electrons. The summed E-state index contributed by atoms with van der Waals surface area (Å²) < 4.78 is 18.6. The molecule has 8 heteroatoms. The average Bonchev–Trinajstić information content (AvgIpc) is 3.29. The minimum absolute atomic E-state index is 0.376. The Hall–Kier alpha value is -2.87. The summed E-state index contributed by atoms with van der Waals surface area (Å²) in [5.74, 6) is 2.49. The van der Waals surface area contributed by atoms with Crippen LogP contribution in [0.25, 0.3) is 11.6 Å². The summed E-state index contributed by atoms with van der Waals surface area (Å²) in [6.45, 7) is 5.19. The van der Waals surface area contributed by atoms with Crippen LogP contribution in [0.2, 0.25) is 0 Å². The number of aromatic nitrogens is 3.